The number of benzene rings is 1. The average molecular weight is 287 g/mol. The van der Waals surface area contributed by atoms with E-state index in [1.54, 1.807) is 0 Å². The van der Waals surface area contributed by atoms with Crippen LogP contribution < -0.4 is 10.1 Å². The van der Waals surface area contributed by atoms with E-state index in [1.807, 2.05) is 12.1 Å². The molecule has 3 atom stereocenters. The Morgan fingerprint density at radius 1 is 1.38 bits per heavy atom. The minimum atomic E-state index is -0.103. The molecular weight excluding hydrogens is 262 g/mol. The van der Waals surface area contributed by atoms with Crippen LogP contribution in [0.2, 0.25) is 0 Å². The van der Waals surface area contributed by atoms with E-state index in [1.165, 1.54) is 12.0 Å². The molecule has 1 aliphatic rings. The lowest BCUT2D eigenvalue weighted by molar-refractivity contribution is 0.0998. The zero-order valence-corrected chi connectivity index (χ0v) is 12.7. The minimum absolute atomic E-state index is 0.103. The van der Waals surface area contributed by atoms with Gasteiger partial charge in [0.15, 0.2) is 0 Å². The van der Waals surface area contributed by atoms with Crippen molar-refractivity contribution in [3.05, 3.63) is 29.8 Å². The monoisotopic (exact) mass is 287 g/mol. The van der Waals surface area contributed by atoms with E-state index in [0.29, 0.717) is 18.6 Å². The lowest BCUT2D eigenvalue weighted by Crippen LogP contribution is -2.30. The minimum Gasteiger partial charge on any atom is -0.481 e. The second kappa shape index (κ2) is 8.07. The third-order valence-corrected chi connectivity index (χ3v) is 4.17. The molecule has 0 bridgehead atoms. The molecule has 0 aliphatic heterocycles. The standard InChI is InChI=1S/C18H25NO2/c1-3-11-21-18-9-7-16(8-10-18)14(2)19-13-15-5-4-6-17(20)12-15/h1,7-10,14-15,17,19-20H,4-6,11-13H2,2H3. The predicted octanol–water partition coefficient (Wildman–Crippen LogP) is 2.90. The van der Waals surface area contributed by atoms with Gasteiger partial charge >= 0.3 is 0 Å². The van der Waals surface area contributed by atoms with Gasteiger partial charge in [0.1, 0.15) is 12.4 Å². The summed E-state index contributed by atoms with van der Waals surface area (Å²) in [7, 11) is 0. The second-order valence-electron chi connectivity index (χ2n) is 5.88. The molecule has 0 aromatic heterocycles. The first kappa shape index (κ1) is 15.9. The molecule has 1 saturated carbocycles. The Bertz CT molecular complexity index is 463. The van der Waals surface area contributed by atoms with Gasteiger partial charge in [0.05, 0.1) is 6.10 Å². The van der Waals surface area contributed by atoms with Crippen molar-refractivity contribution in [3.8, 4) is 18.1 Å². The van der Waals surface area contributed by atoms with Gasteiger partial charge in [-0.2, -0.15) is 0 Å². The Labute approximate surface area is 127 Å². The second-order valence-corrected chi connectivity index (χ2v) is 5.88. The lowest BCUT2D eigenvalue weighted by Gasteiger charge is -2.27. The highest BCUT2D eigenvalue weighted by atomic mass is 16.5. The number of hydrogen-bond donors (Lipinski definition) is 2. The molecule has 1 fully saturated rings. The number of aliphatic hydroxyl groups excluding tert-OH is 1. The molecule has 0 spiro atoms. The average Bonchev–Trinajstić information content (AvgIpc) is 2.51. The lowest BCUT2D eigenvalue weighted by atomic mass is 9.87. The van der Waals surface area contributed by atoms with Crippen molar-refractivity contribution >= 4 is 0 Å². The van der Waals surface area contributed by atoms with Crippen molar-refractivity contribution in [1.82, 2.24) is 5.32 Å². The Morgan fingerprint density at radius 2 is 2.14 bits per heavy atom. The molecule has 0 radical (unpaired) electrons. The first-order valence-corrected chi connectivity index (χ1v) is 7.76. The van der Waals surface area contributed by atoms with E-state index in [9.17, 15) is 5.11 Å². The van der Waals surface area contributed by atoms with Gasteiger partial charge in [-0.3, -0.25) is 0 Å². The highest BCUT2D eigenvalue weighted by molar-refractivity contribution is 5.29. The molecule has 0 heterocycles. The topological polar surface area (TPSA) is 41.5 Å². The Kier molecular flexibility index (Phi) is 6.10. The van der Waals surface area contributed by atoms with Crippen LogP contribution in [0.1, 0.15) is 44.2 Å². The fraction of sp³-hybridized carbons (Fsp3) is 0.556. The molecule has 0 amide bonds. The molecule has 0 saturated heterocycles. The number of nitrogens with one attached hydrogen (secondary N) is 1. The maximum absolute atomic E-state index is 9.71. The molecule has 114 valence electrons. The number of ether oxygens (including phenoxy) is 1. The summed E-state index contributed by atoms with van der Waals surface area (Å²) in [6.07, 6.45) is 9.32. The molecule has 2 rings (SSSR count). The highest BCUT2D eigenvalue weighted by Crippen LogP contribution is 2.24. The van der Waals surface area contributed by atoms with Gasteiger partial charge < -0.3 is 15.2 Å². The quantitative estimate of drug-likeness (QED) is 0.791. The number of aliphatic hydroxyl groups is 1. The van der Waals surface area contributed by atoms with Crippen LogP contribution in [0.5, 0.6) is 5.75 Å². The van der Waals surface area contributed by atoms with E-state index in [-0.39, 0.29) is 6.10 Å². The third kappa shape index (κ3) is 5.08. The molecule has 1 aromatic carbocycles. The Morgan fingerprint density at radius 3 is 2.81 bits per heavy atom. The summed E-state index contributed by atoms with van der Waals surface area (Å²) in [6, 6.07) is 8.34. The zero-order chi connectivity index (χ0) is 15.1. The van der Waals surface area contributed by atoms with Crippen molar-refractivity contribution in [2.24, 2.45) is 5.92 Å². The van der Waals surface area contributed by atoms with Gasteiger partial charge in [-0.15, -0.1) is 6.42 Å². The van der Waals surface area contributed by atoms with Crippen molar-refractivity contribution in [1.29, 1.82) is 0 Å². The van der Waals surface area contributed by atoms with E-state index >= 15 is 0 Å². The Balaban J connectivity index is 1.79. The van der Waals surface area contributed by atoms with Crippen LogP contribution >= 0.6 is 0 Å². The maximum atomic E-state index is 9.71. The number of terminal acetylenes is 1. The van der Waals surface area contributed by atoms with Crippen molar-refractivity contribution in [2.75, 3.05) is 13.2 Å². The van der Waals surface area contributed by atoms with Crippen LogP contribution in [0.3, 0.4) is 0 Å². The van der Waals surface area contributed by atoms with Gasteiger partial charge in [-0.1, -0.05) is 24.5 Å². The molecule has 3 nitrogen and oxygen atoms in total. The highest BCUT2D eigenvalue weighted by Gasteiger charge is 2.20. The van der Waals surface area contributed by atoms with Crippen LogP contribution in [0.4, 0.5) is 0 Å². The molecule has 21 heavy (non-hydrogen) atoms. The van der Waals surface area contributed by atoms with Crippen molar-refractivity contribution in [2.45, 2.75) is 44.8 Å². The van der Waals surface area contributed by atoms with Gasteiger partial charge in [0.2, 0.25) is 0 Å². The van der Waals surface area contributed by atoms with E-state index in [2.05, 4.69) is 30.3 Å². The molecule has 2 N–H and O–H groups in total. The van der Waals surface area contributed by atoms with Crippen molar-refractivity contribution < 1.29 is 9.84 Å². The number of rotatable bonds is 6. The summed E-state index contributed by atoms with van der Waals surface area (Å²) in [4.78, 5) is 0. The van der Waals surface area contributed by atoms with E-state index in [4.69, 9.17) is 11.2 Å². The van der Waals surface area contributed by atoms with E-state index in [0.717, 1.165) is 31.6 Å². The SMILES string of the molecule is C#CCOc1ccc(C(C)NCC2CCCC(O)C2)cc1. The van der Waals surface area contributed by atoms with Crippen LogP contribution in [0, 0.1) is 18.3 Å². The predicted molar refractivity (Wildman–Crippen MR) is 85.2 cm³/mol. The van der Waals surface area contributed by atoms with Crippen LogP contribution in [-0.2, 0) is 0 Å². The van der Waals surface area contributed by atoms with Crippen LogP contribution in [0.15, 0.2) is 24.3 Å². The first-order valence-electron chi connectivity index (χ1n) is 7.76. The summed E-state index contributed by atoms with van der Waals surface area (Å²) < 4.78 is 5.37. The third-order valence-electron chi connectivity index (χ3n) is 4.17. The van der Waals surface area contributed by atoms with Crippen molar-refractivity contribution in [3.63, 3.8) is 0 Å². The summed E-state index contributed by atoms with van der Waals surface area (Å²) in [5, 5.41) is 13.3. The zero-order valence-electron chi connectivity index (χ0n) is 12.7. The molecule has 1 aliphatic carbocycles. The van der Waals surface area contributed by atoms with Crippen LogP contribution in [-0.4, -0.2) is 24.4 Å². The maximum Gasteiger partial charge on any atom is 0.148 e. The smallest absolute Gasteiger partial charge is 0.148 e. The molecule has 1 aromatic rings. The largest absolute Gasteiger partial charge is 0.481 e. The summed E-state index contributed by atoms with van der Waals surface area (Å²) >= 11 is 0. The van der Waals surface area contributed by atoms with E-state index < -0.39 is 0 Å². The molecule has 3 unspecified atom stereocenters. The number of hydrogen-bond acceptors (Lipinski definition) is 3. The summed E-state index contributed by atoms with van der Waals surface area (Å²) in [6.45, 7) is 3.43. The first-order chi connectivity index (χ1) is 10.2. The summed E-state index contributed by atoms with van der Waals surface area (Å²) in [5.74, 6) is 3.86. The van der Waals surface area contributed by atoms with Crippen LogP contribution in [0.25, 0.3) is 0 Å². The van der Waals surface area contributed by atoms with Gasteiger partial charge in [0.25, 0.3) is 0 Å². The normalized spacial score (nSPS) is 23.3. The fourth-order valence-corrected chi connectivity index (χ4v) is 2.89. The fourth-order valence-electron chi connectivity index (χ4n) is 2.89. The van der Waals surface area contributed by atoms with Gasteiger partial charge in [-0.05, 0) is 56.3 Å². The van der Waals surface area contributed by atoms with Gasteiger partial charge in [-0.25, -0.2) is 0 Å². The summed E-state index contributed by atoms with van der Waals surface area (Å²) in [5.41, 5.74) is 1.24. The Hall–Kier alpha value is -1.50. The molecular formula is C18H25NO2. The van der Waals surface area contributed by atoms with Gasteiger partial charge in [0, 0.05) is 6.04 Å². The molecule has 3 heteroatoms.